The van der Waals surface area contributed by atoms with E-state index in [1.807, 2.05) is 20.8 Å². The smallest absolute Gasteiger partial charge is 0.408 e. The SMILES string of the molecule is CC(C)(C)OC(=O)N[C@H](C(=O)N1CC(O[Si](C)(C)C(C)(C)C)C[C@H]1C(=O)O)C(C)(C)C. The van der Waals surface area contributed by atoms with E-state index in [1.165, 1.54) is 4.90 Å². The van der Waals surface area contributed by atoms with E-state index in [4.69, 9.17) is 9.16 Å². The third-order valence-electron chi connectivity index (χ3n) is 5.87. The van der Waals surface area contributed by atoms with Crippen LogP contribution in [0.4, 0.5) is 4.79 Å². The number of likely N-dealkylation sites (tertiary alicyclic amines) is 1. The number of carboxylic acids is 1. The predicted molar refractivity (Wildman–Crippen MR) is 122 cm³/mol. The van der Waals surface area contributed by atoms with Gasteiger partial charge in [0, 0.05) is 13.0 Å². The highest BCUT2D eigenvalue weighted by Gasteiger charge is 2.48. The average Bonchev–Trinajstić information content (AvgIpc) is 2.91. The third-order valence-corrected chi connectivity index (χ3v) is 10.4. The number of carbonyl (C=O) groups excluding carboxylic acids is 2. The van der Waals surface area contributed by atoms with Crippen molar-refractivity contribution in [3.63, 3.8) is 0 Å². The highest BCUT2D eigenvalue weighted by Crippen LogP contribution is 2.39. The summed E-state index contributed by atoms with van der Waals surface area (Å²) in [5.41, 5.74) is -1.36. The van der Waals surface area contributed by atoms with Crippen molar-refractivity contribution in [2.24, 2.45) is 5.41 Å². The standard InChI is InChI=1S/C22H42N2O6Si/c1-20(2,3)16(23-19(28)29-21(4,5)6)17(25)24-13-14(12-15(24)18(26)27)30-31(10,11)22(7,8)9/h14-16H,12-13H2,1-11H3,(H,23,28)(H,26,27)/t14?,15-,16+/m0/s1. The Kier molecular flexibility index (Phi) is 8.04. The second-order valence-electron chi connectivity index (χ2n) is 12.0. The van der Waals surface area contributed by atoms with Crippen LogP contribution in [0, 0.1) is 5.41 Å². The minimum atomic E-state index is -2.14. The molecule has 2 amide bonds. The van der Waals surface area contributed by atoms with Crippen LogP contribution in [0.25, 0.3) is 0 Å². The first-order valence-electron chi connectivity index (χ1n) is 10.9. The molecule has 1 aliphatic rings. The molecule has 1 unspecified atom stereocenters. The summed E-state index contributed by atoms with van der Waals surface area (Å²) in [5.74, 6) is -1.51. The van der Waals surface area contributed by atoms with Crippen LogP contribution in [0.3, 0.4) is 0 Å². The van der Waals surface area contributed by atoms with Crippen LogP contribution in [0.1, 0.15) is 68.7 Å². The molecule has 0 aliphatic carbocycles. The molecular formula is C22H42N2O6Si. The zero-order valence-electron chi connectivity index (χ0n) is 21.1. The summed E-state index contributed by atoms with van der Waals surface area (Å²) in [5, 5.41) is 12.4. The highest BCUT2D eigenvalue weighted by atomic mass is 28.4. The number of nitrogens with one attached hydrogen (secondary N) is 1. The monoisotopic (exact) mass is 458 g/mol. The number of rotatable bonds is 5. The van der Waals surface area contributed by atoms with Crippen molar-refractivity contribution >= 4 is 26.3 Å². The Balaban J connectivity index is 3.11. The molecule has 1 fully saturated rings. The maximum absolute atomic E-state index is 13.5. The van der Waals surface area contributed by atoms with Gasteiger partial charge in [-0.15, -0.1) is 0 Å². The molecule has 1 heterocycles. The molecule has 8 nitrogen and oxygen atoms in total. The molecule has 0 radical (unpaired) electrons. The van der Waals surface area contributed by atoms with Gasteiger partial charge in [-0.3, -0.25) is 4.79 Å². The van der Waals surface area contributed by atoms with Crippen molar-refractivity contribution in [1.29, 1.82) is 0 Å². The molecule has 0 aromatic rings. The lowest BCUT2D eigenvalue weighted by atomic mass is 9.85. The van der Waals surface area contributed by atoms with Crippen LogP contribution in [0.5, 0.6) is 0 Å². The Morgan fingerprint density at radius 2 is 1.55 bits per heavy atom. The summed E-state index contributed by atoms with van der Waals surface area (Å²) in [6.07, 6.45) is -0.828. The lowest BCUT2D eigenvalue weighted by molar-refractivity contribution is -0.150. The van der Waals surface area contributed by atoms with E-state index in [-0.39, 0.29) is 24.1 Å². The maximum Gasteiger partial charge on any atom is 0.408 e. The van der Waals surface area contributed by atoms with Gasteiger partial charge in [0.15, 0.2) is 8.32 Å². The van der Waals surface area contributed by atoms with Gasteiger partial charge in [0.25, 0.3) is 0 Å². The van der Waals surface area contributed by atoms with E-state index in [0.717, 1.165) is 0 Å². The number of amides is 2. The van der Waals surface area contributed by atoms with E-state index in [0.29, 0.717) is 0 Å². The number of carboxylic acid groups (broad SMARTS) is 1. The first-order valence-corrected chi connectivity index (χ1v) is 13.8. The molecule has 9 heteroatoms. The molecule has 0 aromatic carbocycles. The van der Waals surface area contributed by atoms with Crippen LogP contribution in [0.15, 0.2) is 0 Å². The first-order chi connectivity index (χ1) is 13.7. The molecule has 0 aromatic heterocycles. The summed E-state index contributed by atoms with van der Waals surface area (Å²) in [4.78, 5) is 39.1. The Bertz CT molecular complexity index is 688. The number of alkyl carbamates (subject to hydrolysis) is 1. The highest BCUT2D eigenvalue weighted by molar-refractivity contribution is 6.74. The van der Waals surface area contributed by atoms with Crippen LogP contribution in [-0.4, -0.2) is 66.6 Å². The van der Waals surface area contributed by atoms with Crippen molar-refractivity contribution in [2.75, 3.05) is 6.54 Å². The molecule has 180 valence electrons. The fourth-order valence-electron chi connectivity index (χ4n) is 3.19. The minimum absolute atomic E-state index is 0.0324. The number of hydrogen-bond acceptors (Lipinski definition) is 5. The van der Waals surface area contributed by atoms with E-state index < -0.39 is 49.4 Å². The van der Waals surface area contributed by atoms with Crippen LogP contribution in [-0.2, 0) is 18.8 Å². The maximum atomic E-state index is 13.5. The number of aliphatic carboxylic acids is 1. The van der Waals surface area contributed by atoms with Gasteiger partial charge >= 0.3 is 12.1 Å². The third kappa shape index (κ3) is 7.48. The average molecular weight is 459 g/mol. The second-order valence-corrected chi connectivity index (χ2v) is 16.8. The van der Waals surface area contributed by atoms with Gasteiger partial charge in [0.2, 0.25) is 5.91 Å². The Hall–Kier alpha value is -1.61. The first kappa shape index (κ1) is 27.4. The van der Waals surface area contributed by atoms with E-state index in [2.05, 4.69) is 39.2 Å². The molecule has 31 heavy (non-hydrogen) atoms. The van der Waals surface area contributed by atoms with Crippen LogP contribution in [0.2, 0.25) is 18.1 Å². The number of ether oxygens (including phenoxy) is 1. The molecule has 1 saturated heterocycles. The summed E-state index contributed by atoms with van der Waals surface area (Å²) >= 11 is 0. The Morgan fingerprint density at radius 1 is 1.03 bits per heavy atom. The summed E-state index contributed by atoms with van der Waals surface area (Å²) in [7, 11) is -2.14. The predicted octanol–water partition coefficient (Wildman–Crippen LogP) is 4.00. The van der Waals surface area contributed by atoms with Gasteiger partial charge in [-0.25, -0.2) is 9.59 Å². The van der Waals surface area contributed by atoms with Gasteiger partial charge in [-0.05, 0) is 44.3 Å². The zero-order chi connectivity index (χ0) is 24.6. The van der Waals surface area contributed by atoms with Crippen LogP contribution >= 0.6 is 0 Å². The van der Waals surface area contributed by atoms with E-state index in [1.54, 1.807) is 20.8 Å². The largest absolute Gasteiger partial charge is 0.480 e. The molecule has 0 bridgehead atoms. The molecular weight excluding hydrogens is 416 g/mol. The van der Waals surface area contributed by atoms with Crippen molar-refractivity contribution in [2.45, 2.75) is 111 Å². The number of nitrogens with zero attached hydrogens (tertiary/aromatic N) is 1. The molecule has 2 N–H and O–H groups in total. The number of hydrogen-bond donors (Lipinski definition) is 2. The normalized spacial score (nSPS) is 21.6. The van der Waals surface area contributed by atoms with Crippen molar-refractivity contribution in [3.8, 4) is 0 Å². The molecule has 3 atom stereocenters. The minimum Gasteiger partial charge on any atom is -0.480 e. The van der Waals surface area contributed by atoms with Crippen molar-refractivity contribution in [3.05, 3.63) is 0 Å². The molecule has 0 saturated carbocycles. The van der Waals surface area contributed by atoms with Gasteiger partial charge < -0.3 is 24.5 Å². The topological polar surface area (TPSA) is 105 Å². The van der Waals surface area contributed by atoms with E-state index in [9.17, 15) is 19.5 Å². The number of carbonyl (C=O) groups is 3. The van der Waals surface area contributed by atoms with Gasteiger partial charge in [-0.2, -0.15) is 0 Å². The van der Waals surface area contributed by atoms with Gasteiger partial charge in [0.05, 0.1) is 6.10 Å². The lowest BCUT2D eigenvalue weighted by Crippen LogP contribution is -2.57. The second kappa shape index (κ2) is 9.09. The Labute approximate surface area is 188 Å². The summed E-state index contributed by atoms with van der Waals surface area (Å²) in [6.45, 7) is 21.4. The van der Waals surface area contributed by atoms with Crippen LogP contribution < -0.4 is 5.32 Å². The summed E-state index contributed by atoms with van der Waals surface area (Å²) < 4.78 is 11.7. The van der Waals surface area contributed by atoms with E-state index >= 15 is 0 Å². The molecule has 0 spiro atoms. The molecule has 1 aliphatic heterocycles. The fourth-order valence-corrected chi connectivity index (χ4v) is 4.55. The zero-order valence-corrected chi connectivity index (χ0v) is 22.1. The molecule has 1 rings (SSSR count). The van der Waals surface area contributed by atoms with Gasteiger partial charge in [0.1, 0.15) is 17.7 Å². The summed E-state index contributed by atoms with van der Waals surface area (Å²) in [6, 6.07) is -1.93. The Morgan fingerprint density at radius 3 is 1.94 bits per heavy atom. The quantitative estimate of drug-likeness (QED) is 0.603. The van der Waals surface area contributed by atoms with Gasteiger partial charge in [-0.1, -0.05) is 41.5 Å². The fraction of sp³-hybridized carbons (Fsp3) is 0.864. The van der Waals surface area contributed by atoms with Crippen molar-refractivity contribution < 1.29 is 28.7 Å². The van der Waals surface area contributed by atoms with Crippen molar-refractivity contribution in [1.82, 2.24) is 10.2 Å². The lowest BCUT2D eigenvalue weighted by Gasteiger charge is -2.38.